The zero-order chi connectivity index (χ0) is 12.1. The largest absolute Gasteiger partial charge is 0.463 e. The van der Waals surface area contributed by atoms with Crippen LogP contribution < -0.4 is 5.32 Å². The van der Waals surface area contributed by atoms with Crippen molar-refractivity contribution in [2.45, 2.75) is 13.1 Å². The van der Waals surface area contributed by atoms with E-state index in [0.717, 1.165) is 11.1 Å². The van der Waals surface area contributed by atoms with Gasteiger partial charge in [-0.1, -0.05) is 0 Å². The summed E-state index contributed by atoms with van der Waals surface area (Å²) in [6, 6.07) is 1.74. The molecule has 2 heterocycles. The molecule has 0 saturated heterocycles. The van der Waals surface area contributed by atoms with Gasteiger partial charge in [-0.15, -0.1) is 0 Å². The molecule has 2 rings (SSSR count). The first kappa shape index (κ1) is 11.4. The van der Waals surface area contributed by atoms with Crippen LogP contribution in [-0.2, 0) is 17.8 Å². The number of carbonyl (C=O) groups excluding carboxylic acids is 1. The number of aromatic amines is 1. The molecule has 0 bridgehead atoms. The Hall–Kier alpha value is -2.08. The van der Waals surface area contributed by atoms with Gasteiger partial charge < -0.3 is 14.5 Å². The lowest BCUT2D eigenvalue weighted by atomic mass is 10.2. The second-order valence-corrected chi connectivity index (χ2v) is 3.48. The molecule has 6 heteroatoms. The molecule has 0 atom stereocenters. The van der Waals surface area contributed by atoms with Gasteiger partial charge in [-0.05, 0) is 6.07 Å². The number of methoxy groups -OCH3 is 1. The Morgan fingerprint density at radius 1 is 1.59 bits per heavy atom. The second-order valence-electron chi connectivity index (χ2n) is 3.48. The molecule has 2 aromatic rings. The van der Waals surface area contributed by atoms with Gasteiger partial charge >= 0.3 is 5.97 Å². The van der Waals surface area contributed by atoms with Crippen LogP contribution in [0.2, 0.25) is 0 Å². The highest BCUT2D eigenvalue weighted by molar-refractivity contribution is 5.87. The van der Waals surface area contributed by atoms with E-state index >= 15 is 0 Å². The minimum absolute atomic E-state index is 0.243. The lowest BCUT2D eigenvalue weighted by molar-refractivity contribution is 0.0563. The normalized spacial score (nSPS) is 10.4. The summed E-state index contributed by atoms with van der Waals surface area (Å²) in [6.07, 6.45) is 5.02. The molecular weight excluding hydrogens is 222 g/mol. The van der Waals surface area contributed by atoms with Crippen LogP contribution in [0.3, 0.4) is 0 Å². The lowest BCUT2D eigenvalue weighted by Gasteiger charge is -2.02. The van der Waals surface area contributed by atoms with Crippen molar-refractivity contribution in [2.24, 2.45) is 0 Å². The smallest absolute Gasteiger partial charge is 0.374 e. The Bertz CT molecular complexity index is 476. The summed E-state index contributed by atoms with van der Waals surface area (Å²) in [5, 5.41) is 9.75. The first-order valence-electron chi connectivity index (χ1n) is 5.14. The number of nitrogens with zero attached hydrogens (tertiary/aromatic N) is 1. The average Bonchev–Trinajstić information content (AvgIpc) is 2.99. The third kappa shape index (κ3) is 2.73. The van der Waals surface area contributed by atoms with E-state index in [-0.39, 0.29) is 5.76 Å². The maximum Gasteiger partial charge on any atom is 0.374 e. The number of H-pyrrole nitrogens is 1. The maximum atomic E-state index is 11.3. The SMILES string of the molecule is COC(=O)c1occc1CNCc1cn[nH]c1. The van der Waals surface area contributed by atoms with Gasteiger partial charge in [0.2, 0.25) is 5.76 Å². The van der Waals surface area contributed by atoms with Crippen LogP contribution in [-0.4, -0.2) is 23.3 Å². The molecule has 0 aliphatic heterocycles. The number of carbonyl (C=O) groups is 1. The van der Waals surface area contributed by atoms with E-state index in [2.05, 4.69) is 20.3 Å². The molecule has 0 aliphatic carbocycles. The van der Waals surface area contributed by atoms with Crippen LogP contribution in [0, 0.1) is 0 Å². The fourth-order valence-corrected chi connectivity index (χ4v) is 1.46. The van der Waals surface area contributed by atoms with Gasteiger partial charge in [0.05, 0.1) is 19.6 Å². The highest BCUT2D eigenvalue weighted by Gasteiger charge is 2.14. The van der Waals surface area contributed by atoms with Crippen molar-refractivity contribution >= 4 is 5.97 Å². The van der Waals surface area contributed by atoms with Crippen LogP contribution >= 0.6 is 0 Å². The molecule has 0 radical (unpaired) electrons. The van der Waals surface area contributed by atoms with Crippen molar-refractivity contribution in [1.29, 1.82) is 0 Å². The highest BCUT2D eigenvalue weighted by atomic mass is 16.5. The third-order valence-electron chi connectivity index (χ3n) is 2.32. The molecular formula is C11H13N3O3. The number of hydrogen-bond acceptors (Lipinski definition) is 5. The summed E-state index contributed by atoms with van der Waals surface area (Å²) in [7, 11) is 1.33. The Balaban J connectivity index is 1.91. The quantitative estimate of drug-likeness (QED) is 0.758. The van der Waals surface area contributed by atoms with Crippen molar-refractivity contribution < 1.29 is 13.9 Å². The predicted octanol–water partition coefficient (Wildman–Crippen LogP) is 1.08. The fourth-order valence-electron chi connectivity index (χ4n) is 1.46. The molecule has 17 heavy (non-hydrogen) atoms. The van der Waals surface area contributed by atoms with Crippen LogP contribution in [0.5, 0.6) is 0 Å². The molecule has 0 aromatic carbocycles. The number of esters is 1. The molecule has 6 nitrogen and oxygen atoms in total. The van der Waals surface area contributed by atoms with E-state index < -0.39 is 5.97 Å². The van der Waals surface area contributed by atoms with Crippen molar-refractivity contribution in [1.82, 2.24) is 15.5 Å². The highest BCUT2D eigenvalue weighted by Crippen LogP contribution is 2.11. The number of nitrogens with one attached hydrogen (secondary N) is 2. The van der Waals surface area contributed by atoms with Gasteiger partial charge in [-0.3, -0.25) is 5.10 Å². The Kier molecular flexibility index (Phi) is 3.56. The molecule has 0 amide bonds. The molecule has 2 N–H and O–H groups in total. The topological polar surface area (TPSA) is 80.2 Å². The summed E-state index contributed by atoms with van der Waals surface area (Å²) in [6.45, 7) is 1.20. The zero-order valence-electron chi connectivity index (χ0n) is 9.40. The van der Waals surface area contributed by atoms with Crippen LogP contribution in [0.15, 0.2) is 29.1 Å². The maximum absolute atomic E-state index is 11.3. The van der Waals surface area contributed by atoms with Crippen LogP contribution in [0.1, 0.15) is 21.7 Å². The van der Waals surface area contributed by atoms with Gasteiger partial charge in [0.25, 0.3) is 0 Å². The van der Waals surface area contributed by atoms with Gasteiger partial charge in [-0.2, -0.15) is 5.10 Å². The van der Waals surface area contributed by atoms with Gasteiger partial charge in [-0.25, -0.2) is 4.79 Å². The average molecular weight is 235 g/mol. The van der Waals surface area contributed by atoms with Crippen molar-refractivity contribution in [3.63, 3.8) is 0 Å². The van der Waals surface area contributed by atoms with E-state index in [1.807, 2.05) is 6.20 Å². The monoisotopic (exact) mass is 235 g/mol. The van der Waals surface area contributed by atoms with E-state index in [4.69, 9.17) is 4.42 Å². The standard InChI is InChI=1S/C11H13N3O3/c1-16-11(15)10-9(2-3-17-10)7-12-4-8-5-13-14-6-8/h2-3,5-6,12H,4,7H2,1H3,(H,13,14). The minimum Gasteiger partial charge on any atom is -0.463 e. The summed E-state index contributed by atoms with van der Waals surface area (Å²) in [4.78, 5) is 11.3. The Morgan fingerprint density at radius 2 is 2.47 bits per heavy atom. The number of furan rings is 1. The van der Waals surface area contributed by atoms with Crippen molar-refractivity contribution in [3.8, 4) is 0 Å². The molecule has 2 aromatic heterocycles. The predicted molar refractivity (Wildman–Crippen MR) is 59.2 cm³/mol. The number of aromatic nitrogens is 2. The van der Waals surface area contributed by atoms with E-state index in [9.17, 15) is 4.79 Å². The van der Waals surface area contributed by atoms with Gasteiger partial charge in [0.1, 0.15) is 0 Å². The zero-order valence-corrected chi connectivity index (χ0v) is 9.40. The van der Waals surface area contributed by atoms with Crippen molar-refractivity contribution in [2.75, 3.05) is 7.11 Å². The van der Waals surface area contributed by atoms with Gasteiger partial charge in [0, 0.05) is 30.4 Å². The lowest BCUT2D eigenvalue weighted by Crippen LogP contribution is -2.14. The molecule has 0 saturated carbocycles. The summed E-state index contributed by atoms with van der Waals surface area (Å²) in [5.41, 5.74) is 1.83. The van der Waals surface area contributed by atoms with Crippen LogP contribution in [0.4, 0.5) is 0 Å². The second kappa shape index (κ2) is 5.31. The summed E-state index contributed by atoms with van der Waals surface area (Å²) < 4.78 is 9.68. The Morgan fingerprint density at radius 3 is 3.18 bits per heavy atom. The first-order chi connectivity index (χ1) is 8.31. The van der Waals surface area contributed by atoms with Crippen molar-refractivity contribution in [3.05, 3.63) is 41.6 Å². The summed E-state index contributed by atoms with van der Waals surface area (Å²) in [5.74, 6) is -0.220. The van der Waals surface area contributed by atoms with E-state index in [0.29, 0.717) is 13.1 Å². The fraction of sp³-hybridized carbons (Fsp3) is 0.273. The molecule has 0 unspecified atom stereocenters. The number of rotatable bonds is 5. The summed E-state index contributed by atoms with van der Waals surface area (Å²) >= 11 is 0. The van der Waals surface area contributed by atoms with Crippen LogP contribution in [0.25, 0.3) is 0 Å². The molecule has 0 aliphatic rings. The van der Waals surface area contributed by atoms with E-state index in [1.165, 1.54) is 13.4 Å². The van der Waals surface area contributed by atoms with E-state index in [1.54, 1.807) is 12.3 Å². The Labute approximate surface area is 98.0 Å². The molecule has 90 valence electrons. The molecule has 0 fully saturated rings. The molecule has 0 spiro atoms. The first-order valence-corrected chi connectivity index (χ1v) is 5.14. The minimum atomic E-state index is -0.463. The number of hydrogen-bond donors (Lipinski definition) is 2. The third-order valence-corrected chi connectivity index (χ3v) is 2.32. The van der Waals surface area contributed by atoms with Gasteiger partial charge in [0.15, 0.2) is 0 Å². The number of ether oxygens (including phenoxy) is 1.